The second-order valence-electron chi connectivity index (χ2n) is 20.5. The van der Waals surface area contributed by atoms with E-state index in [0.29, 0.717) is 29.3 Å². The molecular formula is C69H76Cl4N12Na2O9P2S2. The first-order chi connectivity index (χ1) is 45.6. The number of aromatic hydroxyl groups is 2. The molecule has 0 spiro atoms. The molecule has 8 N–H and O–H groups in total. The fourth-order valence-corrected chi connectivity index (χ4v) is 10.4. The number of anilines is 7. The fourth-order valence-electron chi connectivity index (χ4n) is 8.41. The van der Waals surface area contributed by atoms with E-state index in [4.69, 9.17) is 82.1 Å². The number of nitrogens with two attached hydrogens (primary N) is 1. The smallest absolute Gasteiger partial charge is 0.770 e. The molecule has 1 unspecified atom stereocenters. The van der Waals surface area contributed by atoms with Crippen LogP contribution >= 0.6 is 58.2 Å². The van der Waals surface area contributed by atoms with E-state index in [2.05, 4.69) is 138 Å². The predicted octanol–water partition coefficient (Wildman–Crippen LogP) is 11.8. The summed E-state index contributed by atoms with van der Waals surface area (Å²) in [5.41, 5.74) is 21.7. The Bertz CT molecular complexity index is 4530. The van der Waals surface area contributed by atoms with Crippen LogP contribution in [0.1, 0.15) is 74.6 Å². The Hall–Kier alpha value is -6.67. The number of aromatic nitrogens is 8. The van der Waals surface area contributed by atoms with Crippen LogP contribution in [0, 0.1) is 55.4 Å². The number of hydrogen-bond acceptors (Lipinski definition) is 22. The van der Waals surface area contributed by atoms with Gasteiger partial charge in [-0.2, -0.15) is 0 Å². The van der Waals surface area contributed by atoms with Crippen molar-refractivity contribution >= 4 is 172 Å². The van der Waals surface area contributed by atoms with Crippen LogP contribution in [0.2, 0.25) is 5.15 Å². The van der Waals surface area contributed by atoms with E-state index in [-0.39, 0.29) is 110 Å². The summed E-state index contributed by atoms with van der Waals surface area (Å²) < 4.78 is 16.3. The van der Waals surface area contributed by atoms with Crippen molar-refractivity contribution in [3.63, 3.8) is 0 Å². The molecule has 21 nitrogen and oxygen atoms in total. The number of nitrogens with one attached hydrogen (secondary N) is 3. The summed E-state index contributed by atoms with van der Waals surface area (Å²) in [5, 5.41) is 40.5. The first kappa shape index (κ1) is 89.4. The van der Waals surface area contributed by atoms with Gasteiger partial charge in [0.2, 0.25) is 0 Å². The first-order valence-electron chi connectivity index (χ1n) is 29.1. The Morgan fingerprint density at radius 2 is 0.760 bits per heavy atom. The molecule has 12 rings (SSSR count). The first-order valence-corrected chi connectivity index (χ1v) is 35.9. The van der Waals surface area contributed by atoms with E-state index < -0.39 is 11.7 Å². The zero-order valence-corrected chi connectivity index (χ0v) is 65.7. The number of rotatable bonds is 11. The Labute approximate surface area is 659 Å². The Balaban J connectivity index is 0.000000628. The molecule has 0 saturated heterocycles. The van der Waals surface area contributed by atoms with Gasteiger partial charge in [0.1, 0.15) is 70.9 Å². The third kappa shape index (κ3) is 29.0. The van der Waals surface area contributed by atoms with Crippen LogP contribution in [0.4, 0.5) is 40.2 Å². The molecule has 0 aliphatic carbocycles. The summed E-state index contributed by atoms with van der Waals surface area (Å²) in [4.78, 5) is 62.6. The average molecular weight is 1530 g/mol. The van der Waals surface area contributed by atoms with Crippen molar-refractivity contribution in [1.82, 2.24) is 39.9 Å². The molecule has 8 aromatic carbocycles. The van der Waals surface area contributed by atoms with Gasteiger partial charge in [-0.05, 0) is 292 Å². The number of halogens is 4. The Kier molecular flexibility index (Phi) is 39.3. The van der Waals surface area contributed by atoms with Crippen molar-refractivity contribution < 1.29 is 104 Å². The second kappa shape index (κ2) is 44.0. The summed E-state index contributed by atoms with van der Waals surface area (Å²) in [6, 6.07) is 43.5. The van der Waals surface area contributed by atoms with Crippen LogP contribution in [-0.4, -0.2) is 61.5 Å². The maximum atomic E-state index is 11.1. The van der Waals surface area contributed by atoms with Crippen LogP contribution in [-0.2, 0) is 33.3 Å². The minimum absolute atomic E-state index is 0. The van der Waals surface area contributed by atoms with Gasteiger partial charge in [-0.15, -0.1) is 12.4 Å². The van der Waals surface area contributed by atoms with Crippen molar-refractivity contribution in [3.05, 3.63) is 221 Å². The van der Waals surface area contributed by atoms with Crippen molar-refractivity contribution in [2.45, 2.75) is 84.1 Å². The third-order valence-corrected chi connectivity index (χ3v) is 15.7. The van der Waals surface area contributed by atoms with Gasteiger partial charge in [0.25, 0.3) is 11.4 Å². The molecule has 0 bridgehead atoms. The molecule has 0 aliphatic rings. The molecule has 4 aromatic heterocycles. The molecule has 518 valence electrons. The molecule has 0 amide bonds. The van der Waals surface area contributed by atoms with E-state index in [0.717, 1.165) is 77.9 Å². The number of phenols is 2. The SMILES string of the molecule is C.C.Cc1cc2ncnc(Cl)c2cc1C.Cc1cc2ncnc(Nc3ccc(O)cc3)c2cc1C.Cc1cc2ncnc(Nc3ccc(OP(=S)(Cl)Cl)cc3)c2cc1C.Cc1cc2ncnc(Nc3ccc(OP([O-])(O)=S)cc3)c2cc1C.Cl.Nc1ccc(O)cc1.O=CO[O-].[2H]CC.[Na+].[Na+]. The van der Waals surface area contributed by atoms with Gasteiger partial charge in [0.15, 0.2) is 6.72 Å². The van der Waals surface area contributed by atoms with Gasteiger partial charge in [0.05, 0.1) is 22.1 Å². The predicted molar refractivity (Wildman–Crippen MR) is 407 cm³/mol. The van der Waals surface area contributed by atoms with E-state index in [1.807, 2.05) is 62.4 Å². The molecule has 0 radical (unpaired) electrons. The molecule has 100 heavy (non-hydrogen) atoms. The minimum Gasteiger partial charge on any atom is -0.770 e. The number of fused-ring (bicyclic) bond motifs is 4. The van der Waals surface area contributed by atoms with Gasteiger partial charge < -0.3 is 60.9 Å². The van der Waals surface area contributed by atoms with Gasteiger partial charge in [-0.3, -0.25) is 4.79 Å². The number of carbonyl (C=O) groups excluding carboxylic acids is 1. The summed E-state index contributed by atoms with van der Waals surface area (Å²) in [6.45, 7) is 14.6. The monoisotopic (exact) mass is 1530 g/mol. The quantitative estimate of drug-likeness (QED) is 0.00925. The van der Waals surface area contributed by atoms with Crippen LogP contribution in [0.15, 0.2) is 171 Å². The van der Waals surface area contributed by atoms with Crippen LogP contribution in [0.5, 0.6) is 23.0 Å². The van der Waals surface area contributed by atoms with Crippen molar-refractivity contribution in [3.8, 4) is 23.0 Å². The van der Waals surface area contributed by atoms with Crippen LogP contribution in [0.3, 0.4) is 0 Å². The summed E-state index contributed by atoms with van der Waals surface area (Å²) in [7, 11) is 0. The zero-order chi connectivity index (χ0) is 70.3. The van der Waals surface area contributed by atoms with Gasteiger partial charge in [-0.1, -0.05) is 40.3 Å². The van der Waals surface area contributed by atoms with E-state index in [1.165, 1.54) is 51.6 Å². The van der Waals surface area contributed by atoms with E-state index >= 15 is 0 Å². The van der Waals surface area contributed by atoms with Crippen LogP contribution < -0.4 is 100.0 Å². The van der Waals surface area contributed by atoms with Gasteiger partial charge in [0, 0.05) is 45.7 Å². The number of carbonyl (C=O) groups is 1. The molecule has 12 aromatic rings. The molecule has 1 atom stereocenters. The van der Waals surface area contributed by atoms with Crippen molar-refractivity contribution in [2.24, 2.45) is 0 Å². The van der Waals surface area contributed by atoms with Crippen molar-refractivity contribution in [1.29, 1.82) is 0 Å². The standard InChI is InChI=1S/C16H14Cl2N3OPS.C16H16N3O3PS.C16H15N3O.C10H9ClN2.C6H7NO.C2H6.CH2O3.2CH4.ClH.2Na/c1-10-7-14-15(8-11(10)2)19-9-20-16(14)21-12-3-5-13(6-4-12)22-23(17,18)24;1-10-7-14-15(8-11(10)2)17-9-18-16(14)19-12-3-5-13(6-4-12)22-23(20,21)24;1-10-7-14-15(8-11(10)2)17-9-18-16(14)19-12-3-5-13(20)6-4-12;1-6-3-8-9(4-7(6)2)12-5-13-10(8)11;7-5-1-3-6(8)4-2-5;1-2;2-1-4-3;;;;;/h3-9H,1-2H3,(H,19,20,21);3-9H,1-2H3,(H,17,18,19)(H2,20,21,24);3-9,20H,1-2H3,(H,17,18,19);3-5H,1-2H3;1-4,8H,7H2;1-2H3;1,3H;2*1H4;1H;;/q;;;;;;;;;;2*+1/p-2/i;;;;;1D;;;;;;. The van der Waals surface area contributed by atoms with E-state index in [1.54, 1.807) is 92.4 Å². The summed E-state index contributed by atoms with van der Waals surface area (Å²) in [5.74, 6) is 3.47. The van der Waals surface area contributed by atoms with Crippen molar-refractivity contribution in [2.75, 3.05) is 21.7 Å². The molecule has 0 fully saturated rings. The Morgan fingerprint density at radius 3 is 1.05 bits per heavy atom. The third-order valence-electron chi connectivity index (χ3n) is 13.7. The second-order valence-corrected chi connectivity index (χ2v) is 30.5. The normalized spacial score (nSPS) is 10.7. The number of hydrogen-bond donors (Lipinski definition) is 7. The molecule has 0 saturated carbocycles. The summed E-state index contributed by atoms with van der Waals surface area (Å²) in [6.07, 6.45) is 6.10. The molecular weight excluding hydrogens is 1450 g/mol. The zero-order valence-electron chi connectivity index (χ0n) is 56.1. The number of phenolic OH excluding ortho intramolecular Hbond substituents is 2. The topological polar surface area (TPSA) is 317 Å². The number of aryl methyl sites for hydroxylation is 8. The van der Waals surface area contributed by atoms with Gasteiger partial charge in [-0.25, -0.2) is 39.9 Å². The summed E-state index contributed by atoms with van der Waals surface area (Å²) >= 11 is 26.7. The maximum Gasteiger partial charge on any atom is 1.00 e. The Morgan fingerprint density at radius 1 is 0.500 bits per heavy atom. The maximum absolute atomic E-state index is 11.1. The number of nitrogen functional groups attached to an aromatic ring is 1. The minimum atomic E-state index is -3.97. The fraction of sp³-hybridized carbons (Fsp3) is 0.174. The molecule has 31 heteroatoms. The molecule has 4 heterocycles. The molecule has 0 aliphatic heterocycles. The van der Waals surface area contributed by atoms with Crippen LogP contribution in [0.25, 0.3) is 43.6 Å². The van der Waals surface area contributed by atoms with E-state index in [9.17, 15) is 10.00 Å². The number of benzene rings is 8. The van der Waals surface area contributed by atoms with Gasteiger partial charge >= 0.3 is 59.1 Å². The largest absolute Gasteiger partial charge is 1.00 e. The average Bonchev–Trinajstić information content (AvgIpc) is 0.819. The number of nitrogens with zero attached hydrogens (tertiary/aromatic N) is 8.